The summed E-state index contributed by atoms with van der Waals surface area (Å²) in [5.74, 6) is -2.06. The largest absolute Gasteiger partial charge is 0.495 e. The number of aryl methyl sites for hydroxylation is 1. The number of ether oxygens (including phenoxy) is 11. The molecule has 494 valence electrons. The van der Waals surface area contributed by atoms with Crippen molar-refractivity contribution in [2.45, 2.75) is 115 Å². The lowest BCUT2D eigenvalue weighted by Gasteiger charge is -2.36. The number of esters is 1. The Kier molecular flexibility index (Phi) is 29.5. The number of hydrazine groups is 1. The van der Waals surface area contributed by atoms with Crippen molar-refractivity contribution in [3.8, 4) is 5.75 Å². The maximum Gasteiger partial charge on any atom is 0.407 e. The van der Waals surface area contributed by atoms with E-state index in [2.05, 4.69) is 38.1 Å². The van der Waals surface area contributed by atoms with E-state index in [0.717, 1.165) is 27.7 Å². The van der Waals surface area contributed by atoms with Crippen LogP contribution in [-0.4, -0.2) is 227 Å². The van der Waals surface area contributed by atoms with Crippen molar-refractivity contribution in [1.29, 1.82) is 0 Å². The molecule has 0 spiro atoms. The molecule has 26 heteroatoms. The standard InChI is InChI=1S/C63H93ClN8O17/c1-42-14-13-17-51(79-9)48-38-52(87-62(78)68-48)43(2)60-63(4,89-60)54(39-58(76)71(8)50-35-45(34-42)36-53(80-10)59(50)64)88-61(77)44(3)70(7)57(75)19-22-81-24-26-83-28-30-85-32-33-86-31-29-84-27-25-82-23-20-66-56(74)40-67-55(73)18-21-72-47(41-69(6)65-5)37-46-15-11-12-16-49(46)72/h11-17,35-37,43-44,48,51-52,54,60,65H,18-34,38-41H2,1-10H3,(H,66,74)(H,67,73)(H,68,78)/b17-13+,42-14+/t43-,44+,48-,51-,52+,54+,60?,63+/m1/s1. The smallest absolute Gasteiger partial charge is 0.407 e. The van der Waals surface area contributed by atoms with Crippen molar-refractivity contribution < 1.29 is 80.9 Å². The molecular formula is C63H93ClN8O17. The van der Waals surface area contributed by atoms with Crippen LogP contribution in [0.15, 0.2) is 66.3 Å². The molecule has 25 nitrogen and oxygen atoms in total. The highest BCUT2D eigenvalue weighted by molar-refractivity contribution is 6.35. The van der Waals surface area contributed by atoms with Crippen molar-refractivity contribution in [3.63, 3.8) is 0 Å². The van der Waals surface area contributed by atoms with Gasteiger partial charge >= 0.3 is 12.1 Å². The number of hydrogen-bond donors (Lipinski definition) is 4. The van der Waals surface area contributed by atoms with Gasteiger partial charge < -0.3 is 82.4 Å². The van der Waals surface area contributed by atoms with Gasteiger partial charge in [0.15, 0.2) is 0 Å². The topological polar surface area (TPSA) is 270 Å². The van der Waals surface area contributed by atoms with Crippen LogP contribution in [0.25, 0.3) is 10.9 Å². The number of nitrogens with one attached hydrogen (secondary N) is 4. The summed E-state index contributed by atoms with van der Waals surface area (Å²) >= 11 is 6.83. The lowest BCUT2D eigenvalue weighted by Crippen LogP contribution is -2.53. The number of fused-ring (bicyclic) bond motifs is 6. The summed E-state index contributed by atoms with van der Waals surface area (Å²) in [6, 6.07) is 12.4. The molecule has 0 aliphatic carbocycles. The number of benzene rings is 2. The Balaban J connectivity index is 0.806. The number of carbonyl (C=O) groups excluding carboxylic acids is 6. The van der Waals surface area contributed by atoms with Crippen LogP contribution in [0.4, 0.5) is 10.5 Å². The number of epoxide rings is 1. The molecule has 89 heavy (non-hydrogen) atoms. The summed E-state index contributed by atoms with van der Waals surface area (Å²) in [4.78, 5) is 82.2. The second kappa shape index (κ2) is 36.6. The number of rotatable bonds is 34. The van der Waals surface area contributed by atoms with Gasteiger partial charge in [-0.2, -0.15) is 0 Å². The summed E-state index contributed by atoms with van der Waals surface area (Å²) in [5.41, 5.74) is 6.28. The maximum absolute atomic E-state index is 14.3. The van der Waals surface area contributed by atoms with E-state index in [-0.39, 0.29) is 68.4 Å². The van der Waals surface area contributed by atoms with Crippen LogP contribution in [0.3, 0.4) is 0 Å². The molecule has 2 saturated heterocycles. The molecule has 8 atom stereocenters. The third-order valence-electron chi connectivity index (χ3n) is 16.0. The number of halogens is 1. The summed E-state index contributed by atoms with van der Waals surface area (Å²) in [6.45, 7) is 12.3. The molecule has 2 aromatic carbocycles. The third kappa shape index (κ3) is 22.0. The summed E-state index contributed by atoms with van der Waals surface area (Å²) in [7, 11) is 9.98. The van der Waals surface area contributed by atoms with Crippen LogP contribution in [-0.2, 0) is 90.9 Å². The summed E-state index contributed by atoms with van der Waals surface area (Å²) in [6.07, 6.45) is 3.12. The van der Waals surface area contributed by atoms with Crippen LogP contribution in [0.5, 0.6) is 5.75 Å². The number of para-hydroxylation sites is 1. The van der Waals surface area contributed by atoms with E-state index in [4.69, 9.17) is 63.7 Å². The Labute approximate surface area is 527 Å². The Morgan fingerprint density at radius 3 is 2.15 bits per heavy atom. The van der Waals surface area contributed by atoms with Crippen LogP contribution in [0.1, 0.15) is 64.6 Å². The molecule has 3 aliphatic heterocycles. The molecule has 1 aromatic heterocycles. The average molecular weight is 1270 g/mol. The van der Waals surface area contributed by atoms with Crippen molar-refractivity contribution in [1.82, 2.24) is 35.9 Å². The fourth-order valence-corrected chi connectivity index (χ4v) is 10.8. The fourth-order valence-electron chi connectivity index (χ4n) is 10.5. The molecule has 4 N–H and O–H groups in total. The Hall–Kier alpha value is -6.23. The predicted molar refractivity (Wildman–Crippen MR) is 332 cm³/mol. The second-order valence-corrected chi connectivity index (χ2v) is 22.8. The minimum absolute atomic E-state index is 0.0181. The zero-order valence-electron chi connectivity index (χ0n) is 53.3. The van der Waals surface area contributed by atoms with Gasteiger partial charge in [0.25, 0.3) is 0 Å². The number of likely N-dealkylation sites (N-methyl/N-ethyl adjacent to an activating group) is 1. The lowest BCUT2D eigenvalue weighted by molar-refractivity contribution is -0.162. The molecule has 4 heterocycles. The first-order valence-electron chi connectivity index (χ1n) is 30.3. The fraction of sp³-hybridized carbons (Fsp3) is 0.619. The zero-order chi connectivity index (χ0) is 64.5. The number of nitrogens with zero attached hydrogens (tertiary/aromatic N) is 4. The summed E-state index contributed by atoms with van der Waals surface area (Å²) in [5, 5.41) is 11.6. The highest BCUT2D eigenvalue weighted by Gasteiger charge is 2.64. The van der Waals surface area contributed by atoms with Crippen LogP contribution in [0.2, 0.25) is 5.02 Å². The highest BCUT2D eigenvalue weighted by Crippen LogP contribution is 2.49. The molecule has 0 radical (unpaired) electrons. The van der Waals surface area contributed by atoms with Gasteiger partial charge in [0.2, 0.25) is 23.6 Å². The van der Waals surface area contributed by atoms with Crippen LogP contribution < -0.4 is 31.0 Å². The van der Waals surface area contributed by atoms with E-state index < -0.39 is 66.0 Å². The Bertz CT molecular complexity index is 2860. The number of hydrogen-bond acceptors (Lipinski definition) is 19. The first-order valence-corrected chi connectivity index (χ1v) is 30.7. The lowest BCUT2D eigenvalue weighted by atomic mass is 9.84. The van der Waals surface area contributed by atoms with Crippen LogP contribution in [0, 0.1) is 5.92 Å². The van der Waals surface area contributed by atoms with E-state index in [1.807, 2.05) is 81.5 Å². The predicted octanol–water partition coefficient (Wildman–Crippen LogP) is 4.53. The minimum Gasteiger partial charge on any atom is -0.495 e. The van der Waals surface area contributed by atoms with Gasteiger partial charge in [0.05, 0.1) is 136 Å². The molecule has 3 aromatic rings. The SMILES string of the molecule is CNN(C)Cc1cc2ccccc2n1CCC(=O)NCC(=O)NCCOCCOCCOCCOCCOCCOCCC(=O)N(C)[C@@H](C)C(=O)O[C@H]1CC(=O)N(C)c2cc(cc(OC)c2Cl)C/C(C)=C/C=C/[C@@H](OC)[C@H]2C[C@H](OC(=O)N2)[C@@H](C)C2O[C@]21C. The number of amides is 5. The molecule has 1 unspecified atom stereocenters. The molecule has 6 rings (SSSR count). The van der Waals surface area contributed by atoms with Gasteiger partial charge in [-0.25, -0.2) is 14.6 Å². The second-order valence-electron chi connectivity index (χ2n) is 22.4. The van der Waals surface area contributed by atoms with Gasteiger partial charge in [-0.05, 0) is 69.5 Å². The maximum atomic E-state index is 14.3. The zero-order valence-corrected chi connectivity index (χ0v) is 54.0. The average Bonchev–Trinajstić information content (AvgIpc) is 1.59. The van der Waals surface area contributed by atoms with Crippen molar-refractivity contribution in [2.24, 2.45) is 5.92 Å². The Morgan fingerprint density at radius 2 is 1.51 bits per heavy atom. The van der Waals surface area contributed by atoms with E-state index in [0.29, 0.717) is 103 Å². The molecule has 4 bridgehead atoms. The van der Waals surface area contributed by atoms with E-state index >= 15 is 0 Å². The first kappa shape index (κ1) is 71.8. The quantitative estimate of drug-likeness (QED) is 0.0277. The molecular weight excluding hydrogens is 1180 g/mol. The third-order valence-corrected chi connectivity index (χ3v) is 16.4. The monoisotopic (exact) mass is 1270 g/mol. The summed E-state index contributed by atoms with van der Waals surface area (Å²) < 4.78 is 65.4. The molecule has 2 fully saturated rings. The number of methoxy groups -OCH3 is 2. The number of anilines is 1. The first-order chi connectivity index (χ1) is 42.8. The number of alkyl carbamates (subject to hydrolysis) is 1. The molecule has 0 saturated carbocycles. The van der Waals surface area contributed by atoms with E-state index in [9.17, 15) is 28.8 Å². The minimum atomic E-state index is -1.18. The van der Waals surface area contributed by atoms with Gasteiger partial charge in [-0.15, -0.1) is 0 Å². The van der Waals surface area contributed by atoms with Gasteiger partial charge in [0.1, 0.15) is 34.6 Å². The van der Waals surface area contributed by atoms with Crippen molar-refractivity contribution >= 4 is 63.9 Å². The number of carbonyl (C=O) groups is 6. The molecule has 5 amide bonds. The van der Waals surface area contributed by atoms with E-state index in [1.54, 1.807) is 28.0 Å². The van der Waals surface area contributed by atoms with Crippen molar-refractivity contribution in [3.05, 3.63) is 82.5 Å². The van der Waals surface area contributed by atoms with Gasteiger partial charge in [0, 0.05) is 71.3 Å². The normalized spacial score (nSPS) is 22.5. The number of allylic oxidation sites excluding steroid dienone is 3. The highest BCUT2D eigenvalue weighted by atomic mass is 35.5. The van der Waals surface area contributed by atoms with Gasteiger partial charge in [-0.1, -0.05) is 60.5 Å². The molecule has 3 aliphatic rings. The Morgan fingerprint density at radius 1 is 0.865 bits per heavy atom. The number of aromatic nitrogens is 1. The van der Waals surface area contributed by atoms with Gasteiger partial charge in [-0.3, -0.25) is 24.6 Å². The van der Waals surface area contributed by atoms with E-state index in [1.165, 1.54) is 24.0 Å². The van der Waals surface area contributed by atoms with Crippen molar-refractivity contribution in [2.75, 3.05) is 140 Å². The van der Waals surface area contributed by atoms with Crippen LogP contribution >= 0.6 is 11.6 Å².